The lowest BCUT2D eigenvalue weighted by Crippen LogP contribution is -2.61. The second kappa shape index (κ2) is 4.81. The summed E-state index contributed by atoms with van der Waals surface area (Å²) in [6, 6.07) is 0. The summed E-state index contributed by atoms with van der Waals surface area (Å²) in [7, 11) is 0. The maximum Gasteiger partial charge on any atom is 0.245 e. The van der Waals surface area contributed by atoms with Crippen LogP contribution in [0.3, 0.4) is 0 Å². The maximum atomic E-state index is 11.4. The molecule has 2 saturated heterocycles. The number of carbonyl (C=O) groups excluding carboxylic acids is 1. The number of hydrogen-bond donors (Lipinski definition) is 0. The number of rotatable bonds is 3. The van der Waals surface area contributed by atoms with E-state index in [1.807, 2.05) is 4.90 Å². The van der Waals surface area contributed by atoms with Crippen LogP contribution in [0.4, 0.5) is 0 Å². The summed E-state index contributed by atoms with van der Waals surface area (Å²) in [6.45, 7) is 13.5. The van der Waals surface area contributed by atoms with E-state index in [1.165, 1.54) is 32.0 Å². The molecule has 0 bridgehead atoms. The van der Waals surface area contributed by atoms with Gasteiger partial charge in [-0.25, -0.2) is 0 Å². The molecule has 17 heavy (non-hydrogen) atoms. The summed E-state index contributed by atoms with van der Waals surface area (Å²) in [5.74, 6) is 0.967. The van der Waals surface area contributed by atoms with E-state index in [1.54, 1.807) is 0 Å². The molecule has 0 N–H and O–H groups in total. The van der Waals surface area contributed by atoms with Crippen molar-refractivity contribution in [1.82, 2.24) is 9.80 Å². The van der Waals surface area contributed by atoms with Gasteiger partial charge in [0.05, 0.1) is 0 Å². The standard InChI is InChI=1S/C14H24N2O/c1-4-13(17)16-10-14(3,11-16)9-15-7-5-12(2)6-8-15/h4,12H,1,5-11H2,2-3H3. The minimum atomic E-state index is 0.0785. The lowest BCUT2D eigenvalue weighted by molar-refractivity contribution is -0.138. The predicted molar refractivity (Wildman–Crippen MR) is 69.7 cm³/mol. The Kier molecular flexibility index (Phi) is 3.57. The van der Waals surface area contributed by atoms with E-state index in [4.69, 9.17) is 0 Å². The van der Waals surface area contributed by atoms with Crippen LogP contribution in [0.15, 0.2) is 12.7 Å². The quantitative estimate of drug-likeness (QED) is 0.697. The van der Waals surface area contributed by atoms with E-state index in [0.29, 0.717) is 5.41 Å². The van der Waals surface area contributed by atoms with Gasteiger partial charge in [0.15, 0.2) is 0 Å². The van der Waals surface area contributed by atoms with Crippen LogP contribution in [0, 0.1) is 11.3 Å². The number of nitrogens with zero attached hydrogens (tertiary/aromatic N) is 2. The van der Waals surface area contributed by atoms with Gasteiger partial charge in [-0.2, -0.15) is 0 Å². The summed E-state index contributed by atoms with van der Waals surface area (Å²) >= 11 is 0. The summed E-state index contributed by atoms with van der Waals surface area (Å²) < 4.78 is 0. The SMILES string of the molecule is C=CC(=O)N1CC(C)(CN2CCC(C)CC2)C1. The van der Waals surface area contributed by atoms with Crippen molar-refractivity contribution in [2.75, 3.05) is 32.7 Å². The van der Waals surface area contributed by atoms with E-state index < -0.39 is 0 Å². The molecule has 0 radical (unpaired) electrons. The molecule has 0 aromatic carbocycles. The van der Waals surface area contributed by atoms with Crippen molar-refractivity contribution in [2.45, 2.75) is 26.7 Å². The Bertz CT molecular complexity index is 299. The molecule has 3 nitrogen and oxygen atoms in total. The Morgan fingerprint density at radius 1 is 1.41 bits per heavy atom. The lowest BCUT2D eigenvalue weighted by atomic mass is 9.80. The molecule has 2 aliphatic rings. The molecular formula is C14H24N2O. The summed E-state index contributed by atoms with van der Waals surface area (Å²) in [5, 5.41) is 0. The fraction of sp³-hybridized carbons (Fsp3) is 0.786. The molecule has 0 saturated carbocycles. The third kappa shape index (κ3) is 2.89. The van der Waals surface area contributed by atoms with Crippen molar-refractivity contribution in [3.05, 3.63) is 12.7 Å². The van der Waals surface area contributed by atoms with Crippen LogP contribution in [0.25, 0.3) is 0 Å². The van der Waals surface area contributed by atoms with Gasteiger partial charge in [0, 0.05) is 25.0 Å². The Morgan fingerprint density at radius 2 is 2.00 bits per heavy atom. The van der Waals surface area contributed by atoms with E-state index >= 15 is 0 Å². The van der Waals surface area contributed by atoms with E-state index in [9.17, 15) is 4.79 Å². The Labute approximate surface area is 104 Å². The second-order valence-corrected chi connectivity index (χ2v) is 6.17. The molecule has 0 unspecified atom stereocenters. The van der Waals surface area contributed by atoms with Crippen molar-refractivity contribution < 1.29 is 4.79 Å². The maximum absolute atomic E-state index is 11.4. The molecule has 0 atom stereocenters. The smallest absolute Gasteiger partial charge is 0.245 e. The van der Waals surface area contributed by atoms with E-state index in [2.05, 4.69) is 25.3 Å². The van der Waals surface area contributed by atoms with Crippen molar-refractivity contribution in [3.63, 3.8) is 0 Å². The number of piperidine rings is 1. The first-order chi connectivity index (χ1) is 8.02. The van der Waals surface area contributed by atoms with E-state index in [0.717, 1.165) is 25.6 Å². The van der Waals surface area contributed by atoms with Crippen molar-refractivity contribution >= 4 is 5.91 Å². The molecule has 96 valence electrons. The molecule has 3 heteroatoms. The third-order valence-corrected chi connectivity index (χ3v) is 4.11. The molecule has 1 amide bonds. The van der Waals surface area contributed by atoms with Gasteiger partial charge < -0.3 is 9.80 Å². The molecule has 0 spiro atoms. The minimum Gasteiger partial charge on any atom is -0.338 e. The van der Waals surface area contributed by atoms with Crippen LogP contribution in [0.2, 0.25) is 0 Å². The van der Waals surface area contributed by atoms with Crippen molar-refractivity contribution in [2.24, 2.45) is 11.3 Å². The van der Waals surface area contributed by atoms with Gasteiger partial charge in [0.1, 0.15) is 0 Å². The topological polar surface area (TPSA) is 23.6 Å². The van der Waals surface area contributed by atoms with E-state index in [-0.39, 0.29) is 5.91 Å². The first-order valence-electron chi connectivity index (χ1n) is 6.66. The predicted octanol–water partition coefficient (Wildman–Crippen LogP) is 1.75. The van der Waals surface area contributed by atoms with Gasteiger partial charge in [-0.15, -0.1) is 0 Å². The van der Waals surface area contributed by atoms with Gasteiger partial charge >= 0.3 is 0 Å². The van der Waals surface area contributed by atoms with Gasteiger partial charge in [-0.05, 0) is 37.9 Å². The number of carbonyl (C=O) groups is 1. The highest BCUT2D eigenvalue weighted by atomic mass is 16.2. The highest BCUT2D eigenvalue weighted by molar-refractivity contribution is 5.87. The fourth-order valence-electron chi connectivity index (χ4n) is 3.02. The van der Waals surface area contributed by atoms with Gasteiger partial charge in [-0.3, -0.25) is 4.79 Å². The molecular weight excluding hydrogens is 212 g/mol. The first kappa shape index (κ1) is 12.6. The van der Waals surface area contributed by atoms with Crippen LogP contribution in [-0.4, -0.2) is 48.4 Å². The summed E-state index contributed by atoms with van der Waals surface area (Å²) in [4.78, 5) is 15.9. The fourth-order valence-corrected chi connectivity index (χ4v) is 3.02. The van der Waals surface area contributed by atoms with Gasteiger partial charge in [0.25, 0.3) is 0 Å². The minimum absolute atomic E-state index is 0.0785. The summed E-state index contributed by atoms with van der Waals surface area (Å²) in [6.07, 6.45) is 4.07. The number of hydrogen-bond acceptors (Lipinski definition) is 2. The third-order valence-electron chi connectivity index (χ3n) is 4.11. The van der Waals surface area contributed by atoms with Crippen molar-refractivity contribution in [3.8, 4) is 0 Å². The van der Waals surface area contributed by atoms with Gasteiger partial charge in [0.2, 0.25) is 5.91 Å². The summed E-state index contributed by atoms with van der Waals surface area (Å²) in [5.41, 5.74) is 0.305. The Morgan fingerprint density at radius 3 is 2.53 bits per heavy atom. The Balaban J connectivity index is 1.77. The zero-order chi connectivity index (χ0) is 12.5. The molecule has 2 aliphatic heterocycles. The van der Waals surface area contributed by atoms with Crippen LogP contribution < -0.4 is 0 Å². The Hall–Kier alpha value is -0.830. The van der Waals surface area contributed by atoms with Crippen LogP contribution >= 0.6 is 0 Å². The number of likely N-dealkylation sites (tertiary alicyclic amines) is 2. The molecule has 2 rings (SSSR count). The number of amides is 1. The normalized spacial score (nSPS) is 25.4. The highest BCUT2D eigenvalue weighted by Crippen LogP contribution is 2.32. The monoisotopic (exact) mass is 236 g/mol. The molecule has 2 fully saturated rings. The molecule has 0 aromatic rings. The molecule has 0 aliphatic carbocycles. The largest absolute Gasteiger partial charge is 0.338 e. The zero-order valence-corrected chi connectivity index (χ0v) is 11.1. The second-order valence-electron chi connectivity index (χ2n) is 6.17. The van der Waals surface area contributed by atoms with Crippen molar-refractivity contribution in [1.29, 1.82) is 0 Å². The zero-order valence-electron chi connectivity index (χ0n) is 11.1. The first-order valence-corrected chi connectivity index (χ1v) is 6.66. The van der Waals surface area contributed by atoms with Gasteiger partial charge in [-0.1, -0.05) is 20.4 Å². The van der Waals surface area contributed by atoms with Crippen LogP contribution in [-0.2, 0) is 4.79 Å². The molecule has 2 heterocycles. The average molecular weight is 236 g/mol. The lowest BCUT2D eigenvalue weighted by Gasteiger charge is -2.50. The van der Waals surface area contributed by atoms with Crippen LogP contribution in [0.5, 0.6) is 0 Å². The average Bonchev–Trinajstić information content (AvgIpc) is 2.28. The van der Waals surface area contributed by atoms with Crippen LogP contribution in [0.1, 0.15) is 26.7 Å². The molecule has 0 aromatic heterocycles. The highest BCUT2D eigenvalue weighted by Gasteiger charge is 2.41.